The van der Waals surface area contributed by atoms with Crippen molar-refractivity contribution in [3.8, 4) is 17.0 Å². The largest absolute Gasteiger partial charge is 0.482 e. The summed E-state index contributed by atoms with van der Waals surface area (Å²) in [6, 6.07) is 7.35. The van der Waals surface area contributed by atoms with Gasteiger partial charge in [-0.25, -0.2) is 9.97 Å². The first kappa shape index (κ1) is 11.2. The number of ether oxygens (including phenoxy) is 1. The number of hydrogen-bond acceptors (Lipinski definition) is 4. The number of benzene rings is 1. The molecule has 0 saturated heterocycles. The third kappa shape index (κ3) is 2.06. The van der Waals surface area contributed by atoms with Gasteiger partial charge in [-0.1, -0.05) is 0 Å². The van der Waals surface area contributed by atoms with Gasteiger partial charge in [-0.2, -0.15) is 0 Å². The van der Waals surface area contributed by atoms with Crippen LogP contribution < -0.4 is 10.1 Å². The van der Waals surface area contributed by atoms with Gasteiger partial charge in [0.1, 0.15) is 5.75 Å². The van der Waals surface area contributed by atoms with E-state index >= 15 is 0 Å². The van der Waals surface area contributed by atoms with Gasteiger partial charge in [0.25, 0.3) is 5.91 Å². The van der Waals surface area contributed by atoms with Crippen LogP contribution in [0.1, 0.15) is 0 Å². The van der Waals surface area contributed by atoms with E-state index in [9.17, 15) is 4.79 Å². The number of halogens is 1. The molecule has 3 rings (SSSR count). The van der Waals surface area contributed by atoms with Gasteiger partial charge in [-0.15, -0.1) is 0 Å². The average molecular weight is 306 g/mol. The Morgan fingerprint density at radius 1 is 1.33 bits per heavy atom. The first-order valence-corrected chi connectivity index (χ1v) is 6.07. The molecule has 1 N–H and O–H groups in total. The van der Waals surface area contributed by atoms with Crippen molar-refractivity contribution in [2.75, 3.05) is 11.9 Å². The molecule has 1 amide bonds. The average Bonchev–Trinajstić information content (AvgIpc) is 2.38. The minimum atomic E-state index is -0.150. The fourth-order valence-corrected chi connectivity index (χ4v) is 2.05. The maximum absolute atomic E-state index is 11.3. The number of fused-ring (bicyclic) bond motifs is 1. The van der Waals surface area contributed by atoms with E-state index in [1.54, 1.807) is 12.3 Å². The summed E-state index contributed by atoms with van der Waals surface area (Å²) < 4.78 is 5.82. The minimum absolute atomic E-state index is 0.0609. The second-order valence-electron chi connectivity index (χ2n) is 3.76. The van der Waals surface area contributed by atoms with Crippen molar-refractivity contribution in [1.29, 1.82) is 0 Å². The lowest BCUT2D eigenvalue weighted by Crippen LogP contribution is -2.25. The third-order valence-electron chi connectivity index (χ3n) is 2.53. The molecule has 0 atom stereocenters. The first-order valence-electron chi connectivity index (χ1n) is 5.28. The smallest absolute Gasteiger partial charge is 0.262 e. The molecule has 1 aliphatic rings. The molecule has 5 nitrogen and oxygen atoms in total. The second kappa shape index (κ2) is 4.38. The highest BCUT2D eigenvalue weighted by molar-refractivity contribution is 9.10. The molecule has 1 aromatic carbocycles. The zero-order valence-electron chi connectivity index (χ0n) is 9.18. The van der Waals surface area contributed by atoms with E-state index < -0.39 is 0 Å². The molecule has 1 aromatic heterocycles. The minimum Gasteiger partial charge on any atom is -0.482 e. The predicted octanol–water partition coefficient (Wildman–Crippen LogP) is 2.24. The van der Waals surface area contributed by atoms with E-state index in [0.29, 0.717) is 16.2 Å². The number of nitrogens with one attached hydrogen (secondary N) is 1. The van der Waals surface area contributed by atoms with Crippen LogP contribution in [0.4, 0.5) is 5.69 Å². The monoisotopic (exact) mass is 305 g/mol. The Balaban J connectivity index is 2.04. The molecule has 0 radical (unpaired) electrons. The van der Waals surface area contributed by atoms with Crippen molar-refractivity contribution >= 4 is 27.5 Å². The summed E-state index contributed by atoms with van der Waals surface area (Å²) in [5, 5.41) is 2.77. The Bertz CT molecular complexity index is 630. The Morgan fingerprint density at radius 3 is 3.06 bits per heavy atom. The molecular weight excluding hydrogens is 298 g/mol. The fourth-order valence-electron chi connectivity index (χ4n) is 1.74. The van der Waals surface area contributed by atoms with E-state index in [1.165, 1.54) is 0 Å². The molecule has 0 unspecified atom stereocenters. The van der Waals surface area contributed by atoms with Crippen LogP contribution in [0, 0.1) is 0 Å². The molecule has 2 heterocycles. The van der Waals surface area contributed by atoms with Gasteiger partial charge in [-0.05, 0) is 40.2 Å². The van der Waals surface area contributed by atoms with E-state index in [-0.39, 0.29) is 12.5 Å². The molecule has 1 aliphatic heterocycles. The van der Waals surface area contributed by atoms with Crippen LogP contribution in [0.3, 0.4) is 0 Å². The number of aromatic nitrogens is 2. The van der Waals surface area contributed by atoms with Crippen molar-refractivity contribution in [3.63, 3.8) is 0 Å². The van der Waals surface area contributed by atoms with Crippen LogP contribution in [-0.2, 0) is 4.79 Å². The summed E-state index contributed by atoms with van der Waals surface area (Å²) in [7, 11) is 0. The van der Waals surface area contributed by atoms with Crippen LogP contribution in [0.2, 0.25) is 0 Å². The SMILES string of the molecule is O=C1COc2ccc(-c3ccnc(Br)n3)cc2N1. The van der Waals surface area contributed by atoms with Crippen molar-refractivity contribution < 1.29 is 9.53 Å². The summed E-state index contributed by atoms with van der Waals surface area (Å²) in [6.45, 7) is 0.0609. The number of hydrogen-bond donors (Lipinski definition) is 1. The zero-order chi connectivity index (χ0) is 12.5. The van der Waals surface area contributed by atoms with Crippen LogP contribution in [0.25, 0.3) is 11.3 Å². The molecule has 0 fully saturated rings. The number of carbonyl (C=O) groups excluding carboxylic acids is 1. The lowest BCUT2D eigenvalue weighted by atomic mass is 10.1. The maximum Gasteiger partial charge on any atom is 0.262 e. The normalized spacial score (nSPS) is 13.5. The summed E-state index contributed by atoms with van der Waals surface area (Å²) in [5.41, 5.74) is 2.33. The van der Waals surface area contributed by atoms with E-state index in [1.807, 2.05) is 18.2 Å². The molecule has 0 saturated carbocycles. The van der Waals surface area contributed by atoms with E-state index in [4.69, 9.17) is 4.74 Å². The molecular formula is C12H8BrN3O2. The summed E-state index contributed by atoms with van der Waals surface area (Å²) >= 11 is 3.23. The quantitative estimate of drug-likeness (QED) is 0.821. The van der Waals surface area contributed by atoms with E-state index in [0.717, 1.165) is 11.3 Å². The lowest BCUT2D eigenvalue weighted by molar-refractivity contribution is -0.118. The molecule has 18 heavy (non-hydrogen) atoms. The Hall–Kier alpha value is -1.95. The topological polar surface area (TPSA) is 64.1 Å². The van der Waals surface area contributed by atoms with Gasteiger partial charge in [0.2, 0.25) is 0 Å². The molecule has 0 bridgehead atoms. The van der Waals surface area contributed by atoms with Gasteiger partial charge >= 0.3 is 0 Å². The molecule has 0 spiro atoms. The second-order valence-corrected chi connectivity index (χ2v) is 4.47. The highest BCUT2D eigenvalue weighted by Gasteiger charge is 2.16. The van der Waals surface area contributed by atoms with Gasteiger partial charge in [0, 0.05) is 11.8 Å². The first-order chi connectivity index (χ1) is 8.72. The van der Waals surface area contributed by atoms with Gasteiger partial charge < -0.3 is 10.1 Å². The van der Waals surface area contributed by atoms with Crippen LogP contribution in [-0.4, -0.2) is 22.5 Å². The predicted molar refractivity (Wildman–Crippen MR) is 69.3 cm³/mol. The summed E-state index contributed by atoms with van der Waals surface area (Å²) in [4.78, 5) is 19.5. The van der Waals surface area contributed by atoms with Crippen LogP contribution >= 0.6 is 15.9 Å². The number of rotatable bonds is 1. The lowest BCUT2D eigenvalue weighted by Gasteiger charge is -2.18. The van der Waals surface area contributed by atoms with Gasteiger partial charge in [0.15, 0.2) is 11.3 Å². The number of anilines is 1. The highest BCUT2D eigenvalue weighted by atomic mass is 79.9. The Kier molecular flexibility index (Phi) is 2.71. The number of amides is 1. The van der Waals surface area contributed by atoms with E-state index in [2.05, 4.69) is 31.2 Å². The van der Waals surface area contributed by atoms with Crippen LogP contribution in [0.15, 0.2) is 35.2 Å². The molecule has 6 heteroatoms. The summed E-state index contributed by atoms with van der Waals surface area (Å²) in [5.74, 6) is 0.523. The Labute approximate surface area is 111 Å². The third-order valence-corrected chi connectivity index (χ3v) is 2.92. The van der Waals surface area contributed by atoms with Crippen LogP contribution in [0.5, 0.6) is 5.75 Å². The standard InChI is InChI=1S/C12H8BrN3O2/c13-12-14-4-3-8(16-12)7-1-2-10-9(5-7)15-11(17)6-18-10/h1-5H,6H2,(H,15,17). The molecule has 90 valence electrons. The highest BCUT2D eigenvalue weighted by Crippen LogP contribution is 2.32. The van der Waals surface area contributed by atoms with Crippen molar-refractivity contribution in [2.24, 2.45) is 0 Å². The summed E-state index contributed by atoms with van der Waals surface area (Å²) in [6.07, 6.45) is 1.67. The van der Waals surface area contributed by atoms with Gasteiger partial charge in [0.05, 0.1) is 11.4 Å². The van der Waals surface area contributed by atoms with Crippen molar-refractivity contribution in [2.45, 2.75) is 0 Å². The number of nitrogens with zero attached hydrogens (tertiary/aromatic N) is 2. The maximum atomic E-state index is 11.3. The van der Waals surface area contributed by atoms with Crippen molar-refractivity contribution in [1.82, 2.24) is 9.97 Å². The van der Waals surface area contributed by atoms with Crippen molar-refractivity contribution in [3.05, 3.63) is 35.2 Å². The van der Waals surface area contributed by atoms with Gasteiger partial charge in [-0.3, -0.25) is 4.79 Å². The molecule has 0 aliphatic carbocycles. The molecule has 2 aromatic rings. The fraction of sp³-hybridized carbons (Fsp3) is 0.0833. The zero-order valence-corrected chi connectivity index (χ0v) is 10.8. The number of carbonyl (C=O) groups is 1. The Morgan fingerprint density at radius 2 is 2.22 bits per heavy atom.